The molecule has 20 heavy (non-hydrogen) atoms. The number of rotatable bonds is 6. The Morgan fingerprint density at radius 3 is 2.55 bits per heavy atom. The number of hydrogen-bond acceptors (Lipinski definition) is 7. The predicted octanol–water partition coefficient (Wildman–Crippen LogP) is 1.80. The van der Waals surface area contributed by atoms with E-state index >= 15 is 0 Å². The first kappa shape index (κ1) is 14.9. The van der Waals surface area contributed by atoms with E-state index in [0.717, 1.165) is 4.34 Å². The molecule has 0 saturated heterocycles. The summed E-state index contributed by atoms with van der Waals surface area (Å²) in [6, 6.07) is 5.20. The zero-order valence-corrected chi connectivity index (χ0v) is 12.5. The second-order valence-electron chi connectivity index (χ2n) is 3.70. The van der Waals surface area contributed by atoms with Crippen molar-refractivity contribution in [2.45, 2.75) is 9.24 Å². The zero-order chi connectivity index (χ0) is 14.6. The average Bonchev–Trinajstić information content (AvgIpc) is 2.92. The van der Waals surface area contributed by atoms with Crippen molar-refractivity contribution in [1.82, 2.24) is 9.36 Å². The number of aromatic carboxylic acids is 1. The highest BCUT2D eigenvalue weighted by Gasteiger charge is 2.15. The van der Waals surface area contributed by atoms with Gasteiger partial charge in [0.1, 0.15) is 6.33 Å². The first-order valence-electron chi connectivity index (χ1n) is 5.44. The molecule has 2 rings (SSSR count). The van der Waals surface area contributed by atoms with Gasteiger partial charge in [-0.25, -0.2) is 18.2 Å². The summed E-state index contributed by atoms with van der Waals surface area (Å²) in [4.78, 5) is 14.8. The van der Waals surface area contributed by atoms with E-state index in [1.165, 1.54) is 53.9 Å². The van der Waals surface area contributed by atoms with Crippen LogP contribution in [0.3, 0.4) is 0 Å². The van der Waals surface area contributed by atoms with Gasteiger partial charge in [0, 0.05) is 5.75 Å². The molecule has 9 heteroatoms. The van der Waals surface area contributed by atoms with Gasteiger partial charge < -0.3 is 5.11 Å². The summed E-state index contributed by atoms with van der Waals surface area (Å²) in [5, 5.41) is 8.76. The molecule has 0 atom stereocenters. The fraction of sp³-hybridized carbons (Fsp3) is 0.182. The fourth-order valence-corrected chi connectivity index (χ4v) is 4.55. The fourth-order valence-electron chi connectivity index (χ4n) is 1.39. The minimum Gasteiger partial charge on any atom is -0.478 e. The van der Waals surface area contributed by atoms with Crippen molar-refractivity contribution in [3.8, 4) is 0 Å². The molecule has 0 radical (unpaired) electrons. The Bertz CT molecular complexity index is 681. The summed E-state index contributed by atoms with van der Waals surface area (Å²) < 4.78 is 28.6. The topological polar surface area (TPSA) is 97.2 Å². The maximum absolute atomic E-state index is 12.0. The molecule has 0 aliphatic carbocycles. The Labute approximate surface area is 124 Å². The molecule has 0 spiro atoms. The highest BCUT2D eigenvalue weighted by molar-refractivity contribution is 8.02. The first-order valence-corrected chi connectivity index (χ1v) is 8.86. The minimum atomic E-state index is -3.41. The van der Waals surface area contributed by atoms with Crippen molar-refractivity contribution in [1.29, 1.82) is 0 Å². The van der Waals surface area contributed by atoms with Crippen molar-refractivity contribution in [3.05, 3.63) is 36.2 Å². The van der Waals surface area contributed by atoms with Gasteiger partial charge in [-0.3, -0.25) is 0 Å². The molecular weight excluding hydrogens is 320 g/mol. The molecule has 1 N–H and O–H groups in total. The number of sulfone groups is 1. The second kappa shape index (κ2) is 6.33. The Hall–Kier alpha value is -1.45. The summed E-state index contributed by atoms with van der Waals surface area (Å²) in [5.74, 6) is -0.747. The lowest BCUT2D eigenvalue weighted by Crippen LogP contribution is -2.09. The van der Waals surface area contributed by atoms with Gasteiger partial charge in [-0.15, -0.1) is 0 Å². The molecule has 2 aromatic rings. The Morgan fingerprint density at radius 1 is 1.30 bits per heavy atom. The van der Waals surface area contributed by atoms with E-state index in [-0.39, 0.29) is 16.2 Å². The van der Waals surface area contributed by atoms with E-state index in [2.05, 4.69) is 9.36 Å². The van der Waals surface area contributed by atoms with Crippen LogP contribution in [0.25, 0.3) is 0 Å². The average molecular weight is 330 g/mol. The maximum atomic E-state index is 12.0. The Kier molecular flexibility index (Phi) is 4.73. The smallest absolute Gasteiger partial charge is 0.335 e. The summed E-state index contributed by atoms with van der Waals surface area (Å²) in [6.45, 7) is 0. The van der Waals surface area contributed by atoms with Crippen LogP contribution in [-0.2, 0) is 9.84 Å². The standard InChI is InChI=1S/C11H10N2O4S3/c14-10(15)8-1-3-9(4-2-8)20(16,17)6-5-18-11-12-7-13-19-11/h1-4,7H,5-6H2,(H,14,15). The second-order valence-corrected chi connectivity index (χ2v) is 7.94. The van der Waals surface area contributed by atoms with E-state index in [9.17, 15) is 13.2 Å². The number of benzene rings is 1. The number of hydrogen-bond donors (Lipinski definition) is 1. The van der Waals surface area contributed by atoms with Gasteiger partial charge in [-0.05, 0) is 35.8 Å². The lowest BCUT2D eigenvalue weighted by molar-refractivity contribution is 0.0697. The van der Waals surface area contributed by atoms with Gasteiger partial charge in [0.25, 0.3) is 0 Å². The number of carboxylic acid groups (broad SMARTS) is 1. The van der Waals surface area contributed by atoms with Gasteiger partial charge in [0.15, 0.2) is 14.2 Å². The SMILES string of the molecule is O=C(O)c1ccc(S(=O)(=O)CCSc2ncns2)cc1. The van der Waals surface area contributed by atoms with Crippen LogP contribution in [0.4, 0.5) is 0 Å². The van der Waals surface area contributed by atoms with Gasteiger partial charge in [-0.2, -0.15) is 4.37 Å². The van der Waals surface area contributed by atoms with Crippen LogP contribution >= 0.6 is 23.3 Å². The minimum absolute atomic E-state index is 0.0380. The van der Waals surface area contributed by atoms with Gasteiger partial charge in [0.2, 0.25) is 0 Å². The van der Waals surface area contributed by atoms with E-state index in [1.807, 2.05) is 0 Å². The van der Waals surface area contributed by atoms with E-state index in [4.69, 9.17) is 5.11 Å². The van der Waals surface area contributed by atoms with Crippen molar-refractivity contribution in [2.24, 2.45) is 0 Å². The van der Waals surface area contributed by atoms with E-state index in [1.54, 1.807) is 0 Å². The first-order chi connectivity index (χ1) is 9.49. The molecule has 0 fully saturated rings. The molecule has 0 aliphatic rings. The summed E-state index contributed by atoms with van der Waals surface area (Å²) in [5.41, 5.74) is 0.0622. The maximum Gasteiger partial charge on any atom is 0.335 e. The lowest BCUT2D eigenvalue weighted by Gasteiger charge is -2.04. The molecule has 0 amide bonds. The third kappa shape index (κ3) is 3.78. The van der Waals surface area contributed by atoms with E-state index in [0.29, 0.717) is 5.75 Å². The quantitative estimate of drug-likeness (QED) is 0.807. The van der Waals surface area contributed by atoms with Crippen LogP contribution in [0.15, 0.2) is 39.8 Å². The third-order valence-corrected chi connectivity index (χ3v) is 6.17. The normalized spacial score (nSPS) is 11.4. The molecule has 1 heterocycles. The van der Waals surface area contributed by atoms with Crippen molar-refractivity contribution in [2.75, 3.05) is 11.5 Å². The monoisotopic (exact) mass is 330 g/mol. The third-order valence-electron chi connectivity index (χ3n) is 2.38. The van der Waals surface area contributed by atoms with E-state index < -0.39 is 15.8 Å². The molecule has 106 valence electrons. The predicted molar refractivity (Wildman–Crippen MR) is 76.1 cm³/mol. The summed E-state index contributed by atoms with van der Waals surface area (Å²) >= 11 is 2.54. The highest BCUT2D eigenvalue weighted by atomic mass is 32.2. The molecule has 0 aliphatic heterocycles. The van der Waals surface area contributed by atoms with Crippen molar-refractivity contribution in [3.63, 3.8) is 0 Å². The largest absolute Gasteiger partial charge is 0.478 e. The number of thioether (sulfide) groups is 1. The number of aromatic nitrogens is 2. The van der Waals surface area contributed by atoms with Crippen LogP contribution in [0.2, 0.25) is 0 Å². The van der Waals surface area contributed by atoms with Crippen molar-refractivity contribution < 1.29 is 18.3 Å². The Morgan fingerprint density at radius 2 is 2.00 bits per heavy atom. The summed E-state index contributed by atoms with van der Waals surface area (Å²) in [7, 11) is -3.41. The van der Waals surface area contributed by atoms with Crippen molar-refractivity contribution >= 4 is 39.1 Å². The van der Waals surface area contributed by atoms with Gasteiger partial charge in [0.05, 0.1) is 16.2 Å². The summed E-state index contributed by atoms with van der Waals surface area (Å²) in [6.07, 6.45) is 1.42. The number of carbonyl (C=O) groups is 1. The molecule has 0 unspecified atom stereocenters. The zero-order valence-electron chi connectivity index (χ0n) is 10.1. The van der Waals surface area contributed by atoms with Crippen LogP contribution in [0, 0.1) is 0 Å². The highest BCUT2D eigenvalue weighted by Crippen LogP contribution is 2.20. The number of nitrogens with zero attached hydrogens (tertiary/aromatic N) is 2. The molecule has 0 bridgehead atoms. The van der Waals surface area contributed by atoms with Crippen LogP contribution in [0.1, 0.15) is 10.4 Å². The van der Waals surface area contributed by atoms with Crippen LogP contribution in [0.5, 0.6) is 0 Å². The van der Waals surface area contributed by atoms with Gasteiger partial charge >= 0.3 is 5.97 Å². The molecule has 1 aromatic carbocycles. The lowest BCUT2D eigenvalue weighted by atomic mass is 10.2. The molecule has 1 aromatic heterocycles. The Balaban J connectivity index is 2.00. The van der Waals surface area contributed by atoms with Crippen LogP contribution < -0.4 is 0 Å². The van der Waals surface area contributed by atoms with Gasteiger partial charge in [-0.1, -0.05) is 11.8 Å². The molecule has 0 saturated carbocycles. The van der Waals surface area contributed by atoms with Crippen LogP contribution in [-0.4, -0.2) is 40.4 Å². The molecule has 6 nitrogen and oxygen atoms in total. The number of carboxylic acids is 1. The molecular formula is C11H10N2O4S3.